The minimum Gasteiger partial charge on any atom is -0.330 e. The normalized spacial score (nSPS) is 23.3. The smallest absolute Gasteiger partial charge is 0.110 e. The second-order valence-corrected chi connectivity index (χ2v) is 5.63. The lowest BCUT2D eigenvalue weighted by Gasteiger charge is -2.22. The van der Waals surface area contributed by atoms with Gasteiger partial charge in [-0.3, -0.25) is 0 Å². The van der Waals surface area contributed by atoms with Crippen LogP contribution in [0.15, 0.2) is 24.3 Å². The molecule has 3 rings (SSSR count). The van der Waals surface area contributed by atoms with E-state index >= 15 is 0 Å². The molecule has 2 aromatic rings. The van der Waals surface area contributed by atoms with E-state index in [0.717, 1.165) is 24.9 Å². The van der Waals surface area contributed by atoms with Crippen molar-refractivity contribution in [2.75, 3.05) is 6.54 Å². The van der Waals surface area contributed by atoms with Crippen LogP contribution in [0.5, 0.6) is 0 Å². The summed E-state index contributed by atoms with van der Waals surface area (Å²) in [6, 6.07) is 9.07. The molecule has 2 unspecified atom stereocenters. The Morgan fingerprint density at radius 3 is 2.95 bits per heavy atom. The third kappa shape index (κ3) is 2.16. The number of nitrogens with two attached hydrogens (primary N) is 1. The molecule has 0 aliphatic heterocycles. The van der Waals surface area contributed by atoms with Crippen LogP contribution in [0.25, 0.3) is 11.0 Å². The molecule has 0 bridgehead atoms. The quantitative estimate of drug-likeness (QED) is 0.913. The zero-order chi connectivity index (χ0) is 13.2. The van der Waals surface area contributed by atoms with Crippen molar-refractivity contribution in [3.05, 3.63) is 30.1 Å². The van der Waals surface area contributed by atoms with Gasteiger partial charge in [-0.1, -0.05) is 25.5 Å². The molecule has 0 spiro atoms. The highest BCUT2D eigenvalue weighted by Gasteiger charge is 2.30. The summed E-state index contributed by atoms with van der Waals surface area (Å²) in [4.78, 5) is 4.84. The van der Waals surface area contributed by atoms with Crippen LogP contribution in [0.2, 0.25) is 0 Å². The van der Waals surface area contributed by atoms with E-state index in [4.69, 9.17) is 10.7 Å². The Bertz CT molecular complexity index is 558. The molecule has 1 aliphatic rings. The number of hydrogen-bond acceptors (Lipinski definition) is 2. The van der Waals surface area contributed by atoms with Gasteiger partial charge >= 0.3 is 0 Å². The summed E-state index contributed by atoms with van der Waals surface area (Å²) < 4.78 is 2.49. The Morgan fingerprint density at radius 2 is 2.16 bits per heavy atom. The van der Waals surface area contributed by atoms with Gasteiger partial charge in [0.1, 0.15) is 5.82 Å². The van der Waals surface area contributed by atoms with Crippen molar-refractivity contribution < 1.29 is 0 Å². The van der Waals surface area contributed by atoms with Gasteiger partial charge in [-0.2, -0.15) is 0 Å². The van der Waals surface area contributed by atoms with Gasteiger partial charge in [0.2, 0.25) is 0 Å². The molecule has 19 heavy (non-hydrogen) atoms. The maximum atomic E-state index is 5.96. The van der Waals surface area contributed by atoms with Crippen LogP contribution in [-0.4, -0.2) is 16.1 Å². The maximum absolute atomic E-state index is 5.96. The Hall–Kier alpha value is -1.35. The van der Waals surface area contributed by atoms with Gasteiger partial charge < -0.3 is 10.3 Å². The predicted molar refractivity (Wildman–Crippen MR) is 79.2 cm³/mol. The fourth-order valence-corrected chi connectivity index (χ4v) is 3.50. The summed E-state index contributed by atoms with van der Waals surface area (Å²) in [5.41, 5.74) is 8.39. The van der Waals surface area contributed by atoms with E-state index in [1.807, 2.05) is 0 Å². The summed E-state index contributed by atoms with van der Waals surface area (Å²) >= 11 is 0. The zero-order valence-corrected chi connectivity index (χ0v) is 11.7. The number of nitrogens with zero attached hydrogens (tertiary/aromatic N) is 2. The van der Waals surface area contributed by atoms with Crippen LogP contribution in [0.3, 0.4) is 0 Å². The lowest BCUT2D eigenvalue weighted by molar-refractivity contribution is 0.385. The number of benzene rings is 1. The number of aromatic nitrogens is 2. The molecule has 1 aromatic carbocycles. The van der Waals surface area contributed by atoms with Gasteiger partial charge in [0, 0.05) is 12.5 Å². The number of rotatable bonds is 4. The molecular formula is C16H23N3. The average molecular weight is 257 g/mol. The highest BCUT2D eigenvalue weighted by Crippen LogP contribution is 2.38. The fraction of sp³-hybridized carbons (Fsp3) is 0.562. The van der Waals surface area contributed by atoms with E-state index in [-0.39, 0.29) is 0 Å². The van der Waals surface area contributed by atoms with Crippen molar-refractivity contribution in [2.24, 2.45) is 11.7 Å². The lowest BCUT2D eigenvalue weighted by Crippen LogP contribution is -2.23. The second-order valence-electron chi connectivity index (χ2n) is 5.63. The number of hydrogen-bond donors (Lipinski definition) is 1. The summed E-state index contributed by atoms with van der Waals surface area (Å²) in [5, 5.41) is 0. The molecule has 1 heterocycles. The Labute approximate surface area is 114 Å². The molecule has 1 saturated carbocycles. The molecule has 0 radical (unpaired) electrons. The van der Waals surface area contributed by atoms with Crippen molar-refractivity contribution in [1.82, 2.24) is 9.55 Å². The SMILES string of the molecule is CCCc1nc2ccccc2n1C1CCCC1CN. The lowest BCUT2D eigenvalue weighted by atomic mass is 10.0. The first-order valence-corrected chi connectivity index (χ1v) is 7.51. The second kappa shape index (κ2) is 5.33. The van der Waals surface area contributed by atoms with Crippen LogP contribution < -0.4 is 5.73 Å². The third-order valence-corrected chi connectivity index (χ3v) is 4.40. The first kappa shape index (κ1) is 12.7. The monoisotopic (exact) mass is 257 g/mol. The topological polar surface area (TPSA) is 43.8 Å². The Kier molecular flexibility index (Phi) is 3.56. The highest BCUT2D eigenvalue weighted by atomic mass is 15.1. The van der Waals surface area contributed by atoms with Gasteiger partial charge in [0.05, 0.1) is 11.0 Å². The van der Waals surface area contributed by atoms with Gasteiger partial charge in [-0.25, -0.2) is 4.98 Å². The standard InChI is InChI=1S/C16H23N3/c1-2-6-16-18-13-8-3-4-9-15(13)19(16)14-10-5-7-12(14)11-17/h3-4,8-9,12,14H,2,5-7,10-11,17H2,1H3. The van der Waals surface area contributed by atoms with Crippen LogP contribution in [0.1, 0.15) is 44.5 Å². The molecular weight excluding hydrogens is 234 g/mol. The van der Waals surface area contributed by atoms with Crippen molar-refractivity contribution in [3.63, 3.8) is 0 Å². The molecule has 102 valence electrons. The van der Waals surface area contributed by atoms with Crippen LogP contribution in [-0.2, 0) is 6.42 Å². The molecule has 0 amide bonds. The summed E-state index contributed by atoms with van der Waals surface area (Å²) in [6.45, 7) is 3.02. The number of imidazole rings is 1. The Balaban J connectivity index is 2.11. The van der Waals surface area contributed by atoms with Gasteiger partial charge in [-0.15, -0.1) is 0 Å². The number of fused-ring (bicyclic) bond motifs is 1. The van der Waals surface area contributed by atoms with Crippen LogP contribution in [0.4, 0.5) is 0 Å². The molecule has 3 nitrogen and oxygen atoms in total. The van der Waals surface area contributed by atoms with E-state index in [1.165, 1.54) is 30.6 Å². The largest absolute Gasteiger partial charge is 0.330 e. The van der Waals surface area contributed by atoms with Gasteiger partial charge in [0.25, 0.3) is 0 Å². The van der Waals surface area contributed by atoms with Crippen molar-refractivity contribution >= 4 is 11.0 Å². The average Bonchev–Trinajstić information content (AvgIpc) is 3.01. The summed E-state index contributed by atoms with van der Waals surface area (Å²) in [7, 11) is 0. The van der Waals surface area contributed by atoms with Crippen LogP contribution in [0, 0.1) is 5.92 Å². The fourth-order valence-electron chi connectivity index (χ4n) is 3.50. The van der Waals surface area contributed by atoms with Crippen LogP contribution >= 0.6 is 0 Å². The predicted octanol–water partition coefficient (Wildman–Crippen LogP) is 3.29. The zero-order valence-electron chi connectivity index (χ0n) is 11.7. The number of para-hydroxylation sites is 2. The van der Waals surface area contributed by atoms with E-state index in [0.29, 0.717) is 12.0 Å². The maximum Gasteiger partial charge on any atom is 0.110 e. The summed E-state index contributed by atoms with van der Waals surface area (Å²) in [5.74, 6) is 1.86. The third-order valence-electron chi connectivity index (χ3n) is 4.40. The minimum atomic E-state index is 0.555. The van der Waals surface area contributed by atoms with E-state index in [1.54, 1.807) is 0 Å². The molecule has 3 heteroatoms. The first-order chi connectivity index (χ1) is 9.35. The molecule has 2 N–H and O–H groups in total. The molecule has 0 saturated heterocycles. The minimum absolute atomic E-state index is 0.555. The highest BCUT2D eigenvalue weighted by molar-refractivity contribution is 5.76. The summed E-state index contributed by atoms with van der Waals surface area (Å²) in [6.07, 6.45) is 6.01. The van der Waals surface area contributed by atoms with Crippen molar-refractivity contribution in [3.8, 4) is 0 Å². The van der Waals surface area contributed by atoms with Crippen molar-refractivity contribution in [2.45, 2.75) is 45.1 Å². The van der Waals surface area contributed by atoms with Gasteiger partial charge in [-0.05, 0) is 43.9 Å². The molecule has 1 aromatic heterocycles. The molecule has 1 aliphatic carbocycles. The van der Waals surface area contributed by atoms with Crippen molar-refractivity contribution in [1.29, 1.82) is 0 Å². The van der Waals surface area contributed by atoms with E-state index in [2.05, 4.69) is 35.8 Å². The van der Waals surface area contributed by atoms with E-state index in [9.17, 15) is 0 Å². The first-order valence-electron chi connectivity index (χ1n) is 7.51. The van der Waals surface area contributed by atoms with E-state index < -0.39 is 0 Å². The number of aryl methyl sites for hydroxylation is 1. The molecule has 1 fully saturated rings. The Morgan fingerprint density at radius 1 is 1.32 bits per heavy atom. The van der Waals surface area contributed by atoms with Gasteiger partial charge in [0.15, 0.2) is 0 Å². The molecule has 2 atom stereocenters.